The monoisotopic (exact) mass is 356 g/mol. The molecule has 26 heavy (non-hydrogen) atoms. The molecule has 2 aromatic carbocycles. The van der Waals surface area contributed by atoms with E-state index in [9.17, 15) is 14.7 Å². The van der Waals surface area contributed by atoms with E-state index in [1.54, 1.807) is 18.2 Å². The van der Waals surface area contributed by atoms with Crippen LogP contribution in [0.3, 0.4) is 0 Å². The first kappa shape index (κ1) is 19.3. The highest BCUT2D eigenvalue weighted by atomic mass is 16.5. The maximum Gasteiger partial charge on any atom is 0.228 e. The Balaban J connectivity index is 2.21. The average molecular weight is 356 g/mol. The third-order valence-corrected chi connectivity index (χ3v) is 4.05. The van der Waals surface area contributed by atoms with Crippen molar-refractivity contribution in [3.05, 3.63) is 53.6 Å². The van der Waals surface area contributed by atoms with Gasteiger partial charge in [-0.3, -0.25) is 4.79 Å². The number of rotatable bonds is 8. The molecule has 1 amide bonds. The molecule has 1 atom stereocenters. The molecule has 0 saturated heterocycles. The van der Waals surface area contributed by atoms with Crippen molar-refractivity contribution in [2.24, 2.45) is 5.92 Å². The summed E-state index contributed by atoms with van der Waals surface area (Å²) in [5.41, 5.74) is 2.40. The number of ether oxygens (including phenoxy) is 2. The maximum atomic E-state index is 12.7. The Hall–Kier alpha value is -3.02. The van der Waals surface area contributed by atoms with E-state index in [4.69, 9.17) is 9.47 Å². The number of methoxy groups -OCH3 is 2. The summed E-state index contributed by atoms with van der Waals surface area (Å²) in [7, 11) is 3.01. The van der Waals surface area contributed by atoms with Crippen LogP contribution in [0, 0.1) is 12.8 Å². The second-order valence-electron chi connectivity index (χ2n) is 6.02. The average Bonchev–Trinajstić information content (AvgIpc) is 2.62. The molecule has 0 radical (unpaired) electrons. The van der Waals surface area contributed by atoms with Crippen molar-refractivity contribution in [3.8, 4) is 11.5 Å². The third kappa shape index (κ3) is 5.24. The molecule has 2 rings (SSSR count). The Morgan fingerprint density at radius 2 is 1.77 bits per heavy atom. The van der Waals surface area contributed by atoms with Crippen molar-refractivity contribution >= 4 is 17.6 Å². The van der Waals surface area contributed by atoms with Crippen LogP contribution in [0.25, 0.3) is 0 Å². The minimum absolute atomic E-state index is 0.298. The van der Waals surface area contributed by atoms with Crippen LogP contribution in [0.1, 0.15) is 17.5 Å². The fourth-order valence-electron chi connectivity index (χ4n) is 2.61. The Morgan fingerprint density at radius 1 is 1.08 bits per heavy atom. The van der Waals surface area contributed by atoms with Crippen LogP contribution in [-0.4, -0.2) is 26.1 Å². The summed E-state index contributed by atoms with van der Waals surface area (Å²) in [5.74, 6) is -1.44. The van der Waals surface area contributed by atoms with Gasteiger partial charge in [0.15, 0.2) is 0 Å². The summed E-state index contributed by atoms with van der Waals surface area (Å²) in [6, 6.07) is 12.6. The normalized spacial score (nSPS) is 11.5. The van der Waals surface area contributed by atoms with E-state index >= 15 is 0 Å². The van der Waals surface area contributed by atoms with Gasteiger partial charge >= 0.3 is 0 Å². The van der Waals surface area contributed by atoms with E-state index in [1.165, 1.54) is 14.2 Å². The summed E-state index contributed by atoms with van der Waals surface area (Å²) in [6.45, 7) is 1.96. The molecule has 0 bridgehead atoms. The summed E-state index contributed by atoms with van der Waals surface area (Å²) in [4.78, 5) is 23.8. The Morgan fingerprint density at radius 3 is 2.35 bits per heavy atom. The highest BCUT2D eigenvalue weighted by Gasteiger charge is 2.21. The number of carbonyl (C=O) groups is 2. The lowest BCUT2D eigenvalue weighted by Gasteiger charge is -2.19. The lowest BCUT2D eigenvalue weighted by Crippen LogP contribution is -2.32. The molecule has 0 aliphatic rings. The first-order valence-electron chi connectivity index (χ1n) is 8.21. The van der Waals surface area contributed by atoms with Gasteiger partial charge in [-0.2, -0.15) is 0 Å². The van der Waals surface area contributed by atoms with Gasteiger partial charge < -0.3 is 24.7 Å². The van der Waals surface area contributed by atoms with E-state index in [0.717, 1.165) is 11.1 Å². The molecule has 138 valence electrons. The van der Waals surface area contributed by atoms with E-state index < -0.39 is 17.8 Å². The zero-order valence-electron chi connectivity index (χ0n) is 15.1. The molecule has 0 aliphatic carbocycles. The molecule has 0 fully saturated rings. The van der Waals surface area contributed by atoms with Crippen molar-refractivity contribution in [1.82, 2.24) is 0 Å². The molecule has 0 aromatic heterocycles. The standard InChI is InChI=1S/C20H23NO5/c1-13-4-6-14(7-5-13)10-15(11-19(22)23)20(24)21-17-12-16(25-2)8-9-18(17)26-3/h4-9,12,15H,10-11H2,1-3H3,(H,21,24)(H,22,23)/p-1/t15-/m0/s1. The van der Waals surface area contributed by atoms with Gasteiger partial charge in [-0.1, -0.05) is 29.8 Å². The lowest BCUT2D eigenvalue weighted by molar-refractivity contribution is -0.306. The topological polar surface area (TPSA) is 87.7 Å². The molecule has 0 aliphatic heterocycles. The van der Waals surface area contributed by atoms with E-state index in [-0.39, 0.29) is 6.42 Å². The predicted octanol–water partition coefficient (Wildman–Crippen LogP) is 1.95. The summed E-state index contributed by atoms with van der Waals surface area (Å²) in [5, 5.41) is 13.8. The quantitative estimate of drug-likeness (QED) is 0.781. The van der Waals surface area contributed by atoms with Crippen molar-refractivity contribution in [3.63, 3.8) is 0 Å². The van der Waals surface area contributed by atoms with E-state index in [0.29, 0.717) is 23.6 Å². The second-order valence-corrected chi connectivity index (χ2v) is 6.02. The number of benzene rings is 2. The number of carboxylic acid groups (broad SMARTS) is 1. The van der Waals surface area contributed by atoms with Crippen LogP contribution in [0.4, 0.5) is 5.69 Å². The molecule has 1 N–H and O–H groups in total. The van der Waals surface area contributed by atoms with Crippen molar-refractivity contribution in [2.45, 2.75) is 19.8 Å². The molecule has 6 nitrogen and oxygen atoms in total. The molecular weight excluding hydrogens is 334 g/mol. The first-order chi connectivity index (χ1) is 12.4. The number of nitrogens with one attached hydrogen (secondary N) is 1. The largest absolute Gasteiger partial charge is 0.550 e. The number of aliphatic carboxylic acids is 1. The molecule has 2 aromatic rings. The van der Waals surface area contributed by atoms with Gasteiger partial charge in [0.2, 0.25) is 5.91 Å². The smallest absolute Gasteiger partial charge is 0.228 e. The van der Waals surface area contributed by atoms with Gasteiger partial charge in [0.1, 0.15) is 11.5 Å². The number of carboxylic acids is 1. The summed E-state index contributed by atoms with van der Waals surface area (Å²) < 4.78 is 10.4. The van der Waals surface area contributed by atoms with E-state index in [1.807, 2.05) is 31.2 Å². The minimum Gasteiger partial charge on any atom is -0.550 e. The van der Waals surface area contributed by atoms with Crippen LogP contribution in [0.15, 0.2) is 42.5 Å². The Labute approximate surface area is 152 Å². The maximum absolute atomic E-state index is 12.7. The zero-order valence-corrected chi connectivity index (χ0v) is 15.1. The molecule has 6 heteroatoms. The molecule has 0 saturated carbocycles. The minimum atomic E-state index is -1.27. The Bertz CT molecular complexity index is 770. The van der Waals surface area contributed by atoms with Crippen LogP contribution in [0.2, 0.25) is 0 Å². The van der Waals surface area contributed by atoms with Crippen LogP contribution in [0.5, 0.6) is 11.5 Å². The van der Waals surface area contributed by atoms with Gasteiger partial charge in [0.25, 0.3) is 0 Å². The van der Waals surface area contributed by atoms with Gasteiger partial charge in [0, 0.05) is 18.0 Å². The summed E-state index contributed by atoms with van der Waals surface area (Å²) in [6.07, 6.45) is -0.0711. The number of aryl methyl sites for hydroxylation is 1. The van der Waals surface area contributed by atoms with Gasteiger partial charge in [-0.25, -0.2) is 0 Å². The molecule has 0 heterocycles. The number of hydrogen-bond donors (Lipinski definition) is 1. The van der Waals surface area contributed by atoms with E-state index in [2.05, 4.69) is 5.32 Å². The highest BCUT2D eigenvalue weighted by Crippen LogP contribution is 2.29. The molecule has 0 spiro atoms. The number of hydrogen-bond acceptors (Lipinski definition) is 5. The summed E-state index contributed by atoms with van der Waals surface area (Å²) >= 11 is 0. The zero-order chi connectivity index (χ0) is 19.1. The van der Waals surface area contributed by atoms with Gasteiger partial charge in [-0.05, 0) is 37.5 Å². The van der Waals surface area contributed by atoms with Gasteiger partial charge in [-0.15, -0.1) is 0 Å². The molecular formula is C20H22NO5-. The fourth-order valence-corrected chi connectivity index (χ4v) is 2.61. The fraction of sp³-hybridized carbons (Fsp3) is 0.300. The number of anilines is 1. The van der Waals surface area contributed by atoms with Crippen LogP contribution < -0.4 is 19.9 Å². The van der Waals surface area contributed by atoms with Crippen LogP contribution >= 0.6 is 0 Å². The van der Waals surface area contributed by atoms with Crippen LogP contribution in [-0.2, 0) is 16.0 Å². The number of amides is 1. The Kier molecular flexibility index (Phi) is 6.60. The predicted molar refractivity (Wildman–Crippen MR) is 96.2 cm³/mol. The van der Waals surface area contributed by atoms with Crippen molar-refractivity contribution in [2.75, 3.05) is 19.5 Å². The third-order valence-electron chi connectivity index (χ3n) is 4.05. The molecule has 0 unspecified atom stereocenters. The van der Waals surface area contributed by atoms with Crippen molar-refractivity contribution < 1.29 is 24.2 Å². The lowest BCUT2D eigenvalue weighted by atomic mass is 9.94. The van der Waals surface area contributed by atoms with Gasteiger partial charge in [0.05, 0.1) is 19.9 Å². The highest BCUT2D eigenvalue weighted by molar-refractivity contribution is 5.95. The second kappa shape index (κ2) is 8.89. The number of carbonyl (C=O) groups excluding carboxylic acids is 2. The first-order valence-corrected chi connectivity index (χ1v) is 8.21. The van der Waals surface area contributed by atoms with Crippen molar-refractivity contribution in [1.29, 1.82) is 0 Å². The SMILES string of the molecule is COc1ccc(OC)c(NC(=O)[C@H](CC(=O)[O-])Cc2ccc(C)cc2)c1.